The monoisotopic (exact) mass is 309 g/mol. The summed E-state index contributed by atoms with van der Waals surface area (Å²) in [5.74, 6) is 1.27. The molecule has 1 amide bonds. The summed E-state index contributed by atoms with van der Waals surface area (Å²) in [5, 5.41) is 7.05. The van der Waals surface area contributed by atoms with Crippen molar-refractivity contribution in [2.75, 3.05) is 19.7 Å². The summed E-state index contributed by atoms with van der Waals surface area (Å²) in [4.78, 5) is 14.8. The number of H-pyrrole nitrogens is 1. The fourth-order valence-corrected chi connectivity index (χ4v) is 3.35. The molecule has 1 saturated heterocycles. The van der Waals surface area contributed by atoms with E-state index in [2.05, 4.69) is 10.2 Å². The van der Waals surface area contributed by atoms with Gasteiger partial charge in [0.25, 0.3) is 5.91 Å². The van der Waals surface area contributed by atoms with Gasteiger partial charge in [-0.3, -0.25) is 9.89 Å². The highest BCUT2D eigenvalue weighted by Gasteiger charge is 2.28. The average molecular weight is 309 g/mol. The molecule has 2 aliphatic heterocycles. The molecule has 5 nitrogen and oxygen atoms in total. The van der Waals surface area contributed by atoms with E-state index in [0.29, 0.717) is 12.5 Å². The highest BCUT2D eigenvalue weighted by atomic mass is 16.5. The number of aromatic amines is 1. The SMILES string of the molecule is O=C(C1=Cc2ccccc2OC1)N1CCC[C@@H](c2ccn[nH]2)C1. The lowest BCUT2D eigenvalue weighted by Gasteiger charge is -2.33. The van der Waals surface area contributed by atoms with Crippen LogP contribution in [0.4, 0.5) is 0 Å². The first-order chi connectivity index (χ1) is 11.3. The van der Waals surface area contributed by atoms with E-state index in [9.17, 15) is 4.79 Å². The Morgan fingerprint density at radius 3 is 3.09 bits per heavy atom. The summed E-state index contributed by atoms with van der Waals surface area (Å²) >= 11 is 0. The fraction of sp³-hybridized carbons (Fsp3) is 0.333. The topological polar surface area (TPSA) is 58.2 Å². The summed E-state index contributed by atoms with van der Waals surface area (Å²) in [6, 6.07) is 9.81. The summed E-state index contributed by atoms with van der Waals surface area (Å²) in [7, 11) is 0. The number of nitrogens with one attached hydrogen (secondary N) is 1. The number of likely N-dealkylation sites (tertiary alicyclic amines) is 1. The lowest BCUT2D eigenvalue weighted by Crippen LogP contribution is -2.41. The Morgan fingerprint density at radius 1 is 1.30 bits per heavy atom. The van der Waals surface area contributed by atoms with Crippen LogP contribution in [0.5, 0.6) is 5.75 Å². The van der Waals surface area contributed by atoms with E-state index in [4.69, 9.17) is 4.74 Å². The largest absolute Gasteiger partial charge is 0.488 e. The van der Waals surface area contributed by atoms with Crippen molar-refractivity contribution < 1.29 is 9.53 Å². The second-order valence-electron chi connectivity index (χ2n) is 6.10. The first kappa shape index (κ1) is 14.1. The molecule has 2 aliphatic rings. The maximum absolute atomic E-state index is 12.8. The number of benzene rings is 1. The number of nitrogens with zero attached hydrogens (tertiary/aromatic N) is 2. The minimum absolute atomic E-state index is 0.0868. The van der Waals surface area contributed by atoms with E-state index in [0.717, 1.165) is 48.5 Å². The van der Waals surface area contributed by atoms with E-state index >= 15 is 0 Å². The van der Waals surface area contributed by atoms with Crippen molar-refractivity contribution in [3.63, 3.8) is 0 Å². The van der Waals surface area contributed by atoms with Crippen molar-refractivity contribution in [1.82, 2.24) is 15.1 Å². The van der Waals surface area contributed by atoms with Gasteiger partial charge in [0.1, 0.15) is 12.4 Å². The molecular formula is C18H19N3O2. The fourth-order valence-electron chi connectivity index (χ4n) is 3.35. The number of carbonyl (C=O) groups excluding carboxylic acids is 1. The normalized spacial score (nSPS) is 20.4. The van der Waals surface area contributed by atoms with Crippen LogP contribution >= 0.6 is 0 Å². The van der Waals surface area contributed by atoms with Gasteiger partial charge in [0.15, 0.2) is 0 Å². The zero-order chi connectivity index (χ0) is 15.6. The second-order valence-corrected chi connectivity index (χ2v) is 6.10. The van der Waals surface area contributed by atoms with Crippen molar-refractivity contribution in [3.05, 3.63) is 53.4 Å². The first-order valence-corrected chi connectivity index (χ1v) is 8.02. The molecule has 23 heavy (non-hydrogen) atoms. The number of carbonyl (C=O) groups is 1. The van der Waals surface area contributed by atoms with Crippen LogP contribution in [-0.4, -0.2) is 40.7 Å². The van der Waals surface area contributed by atoms with Crippen LogP contribution in [0.2, 0.25) is 0 Å². The van der Waals surface area contributed by atoms with Crippen molar-refractivity contribution in [3.8, 4) is 5.75 Å². The Bertz CT molecular complexity index is 736. The van der Waals surface area contributed by atoms with Gasteiger partial charge in [0.05, 0.1) is 5.57 Å². The van der Waals surface area contributed by atoms with Crippen LogP contribution in [0.1, 0.15) is 30.0 Å². The number of para-hydroxylation sites is 1. The molecule has 0 aliphatic carbocycles. The lowest BCUT2D eigenvalue weighted by molar-refractivity contribution is -0.128. The van der Waals surface area contributed by atoms with Gasteiger partial charge >= 0.3 is 0 Å². The van der Waals surface area contributed by atoms with E-state index in [1.165, 1.54) is 0 Å². The van der Waals surface area contributed by atoms with E-state index in [1.807, 2.05) is 41.3 Å². The molecule has 1 atom stereocenters. The minimum atomic E-state index is 0.0868. The summed E-state index contributed by atoms with van der Waals surface area (Å²) in [6.07, 6.45) is 5.83. The molecule has 0 spiro atoms. The minimum Gasteiger partial charge on any atom is -0.488 e. The predicted molar refractivity (Wildman–Crippen MR) is 87.1 cm³/mol. The molecule has 2 aromatic rings. The van der Waals surface area contributed by atoms with Crippen LogP contribution < -0.4 is 4.74 Å². The van der Waals surface area contributed by atoms with E-state index in [-0.39, 0.29) is 5.91 Å². The number of hydrogen-bond donors (Lipinski definition) is 1. The molecule has 3 heterocycles. The standard InChI is InChI=1S/C18H19N3O2/c22-18(15-10-13-4-1-2-6-17(13)23-12-15)21-9-3-5-14(11-21)16-7-8-19-20-16/h1-2,4,6-8,10,14H,3,5,9,11-12H2,(H,19,20)/t14-/m1/s1. The van der Waals surface area contributed by atoms with Gasteiger partial charge in [-0.05, 0) is 31.1 Å². The molecule has 0 unspecified atom stereocenters. The lowest BCUT2D eigenvalue weighted by atomic mass is 9.94. The Balaban J connectivity index is 1.52. The van der Waals surface area contributed by atoms with E-state index < -0.39 is 0 Å². The van der Waals surface area contributed by atoms with Crippen LogP contribution in [0.15, 0.2) is 42.1 Å². The van der Waals surface area contributed by atoms with Crippen molar-refractivity contribution in [2.45, 2.75) is 18.8 Å². The summed E-state index contributed by atoms with van der Waals surface area (Å²) in [6.45, 7) is 1.89. The van der Waals surface area contributed by atoms with Crippen LogP contribution in [0.3, 0.4) is 0 Å². The maximum Gasteiger partial charge on any atom is 0.253 e. The molecular weight excluding hydrogens is 290 g/mol. The molecule has 1 aromatic heterocycles. The number of aromatic nitrogens is 2. The smallest absolute Gasteiger partial charge is 0.253 e. The molecule has 0 bridgehead atoms. The molecule has 0 radical (unpaired) electrons. The quantitative estimate of drug-likeness (QED) is 0.927. The number of hydrogen-bond acceptors (Lipinski definition) is 3. The third-order valence-electron chi connectivity index (χ3n) is 4.58. The van der Waals surface area contributed by atoms with Gasteiger partial charge in [-0.1, -0.05) is 18.2 Å². The van der Waals surface area contributed by atoms with Crippen molar-refractivity contribution in [2.24, 2.45) is 0 Å². The van der Waals surface area contributed by atoms with Crippen LogP contribution in [-0.2, 0) is 4.79 Å². The number of ether oxygens (including phenoxy) is 1. The van der Waals surface area contributed by atoms with Crippen molar-refractivity contribution in [1.29, 1.82) is 0 Å². The highest BCUT2D eigenvalue weighted by Crippen LogP contribution is 2.29. The third-order valence-corrected chi connectivity index (χ3v) is 4.58. The molecule has 118 valence electrons. The average Bonchev–Trinajstić information content (AvgIpc) is 3.15. The summed E-state index contributed by atoms with van der Waals surface area (Å²) in [5.41, 5.74) is 2.82. The van der Waals surface area contributed by atoms with Crippen molar-refractivity contribution >= 4 is 12.0 Å². The molecule has 1 N–H and O–H groups in total. The Labute approximate surface area is 135 Å². The zero-order valence-electron chi connectivity index (χ0n) is 12.9. The molecule has 0 saturated carbocycles. The Hall–Kier alpha value is -2.56. The van der Waals surface area contributed by atoms with Gasteiger partial charge < -0.3 is 9.64 Å². The van der Waals surface area contributed by atoms with Gasteiger partial charge in [-0.25, -0.2) is 0 Å². The third kappa shape index (κ3) is 2.74. The molecule has 1 fully saturated rings. The number of fused-ring (bicyclic) bond motifs is 1. The van der Waals surface area contributed by atoms with Gasteiger partial charge in [0, 0.05) is 36.5 Å². The number of piperidine rings is 1. The predicted octanol–water partition coefficient (Wildman–Crippen LogP) is 2.59. The summed E-state index contributed by atoms with van der Waals surface area (Å²) < 4.78 is 5.72. The second kappa shape index (κ2) is 5.91. The molecule has 1 aromatic carbocycles. The van der Waals surface area contributed by atoms with Crippen LogP contribution in [0, 0.1) is 0 Å². The highest BCUT2D eigenvalue weighted by molar-refractivity contribution is 5.99. The molecule has 5 heteroatoms. The van der Waals surface area contributed by atoms with E-state index in [1.54, 1.807) is 6.20 Å². The molecule has 4 rings (SSSR count). The van der Waals surface area contributed by atoms with Crippen LogP contribution in [0.25, 0.3) is 6.08 Å². The van der Waals surface area contributed by atoms with Gasteiger partial charge in [0.2, 0.25) is 0 Å². The number of rotatable bonds is 2. The Morgan fingerprint density at radius 2 is 2.22 bits per heavy atom. The maximum atomic E-state index is 12.8. The Kier molecular flexibility index (Phi) is 3.61. The van der Waals surface area contributed by atoms with Gasteiger partial charge in [-0.2, -0.15) is 5.10 Å². The zero-order valence-corrected chi connectivity index (χ0v) is 12.9. The number of amides is 1. The first-order valence-electron chi connectivity index (χ1n) is 8.02. The van der Waals surface area contributed by atoms with Gasteiger partial charge in [-0.15, -0.1) is 0 Å².